The van der Waals surface area contributed by atoms with Crippen LogP contribution in [0.1, 0.15) is 32.8 Å². The molecule has 1 saturated carbocycles. The zero-order chi connectivity index (χ0) is 13.9. The molecular weight excluding hydrogens is 240 g/mol. The first-order valence-electron chi connectivity index (χ1n) is 6.92. The molecular formula is C15H24N2O2. The van der Waals surface area contributed by atoms with Crippen molar-refractivity contribution in [3.8, 4) is 0 Å². The molecule has 1 aliphatic carbocycles. The van der Waals surface area contributed by atoms with Gasteiger partial charge in [0.1, 0.15) is 0 Å². The van der Waals surface area contributed by atoms with E-state index in [9.17, 15) is 5.11 Å². The normalized spacial score (nSPS) is 28.9. The monoisotopic (exact) mass is 264 g/mol. The Kier molecular flexibility index (Phi) is 4.23. The van der Waals surface area contributed by atoms with E-state index in [4.69, 9.17) is 4.74 Å². The molecule has 0 radical (unpaired) electrons. The highest BCUT2D eigenvalue weighted by molar-refractivity contribution is 5.17. The topological polar surface area (TPSA) is 54.4 Å². The predicted molar refractivity (Wildman–Crippen MR) is 74.7 cm³/mol. The Balaban J connectivity index is 2.01. The summed E-state index contributed by atoms with van der Waals surface area (Å²) in [5.74, 6) is 0. The van der Waals surface area contributed by atoms with Gasteiger partial charge in [0.05, 0.1) is 18.2 Å². The summed E-state index contributed by atoms with van der Waals surface area (Å²) in [5.41, 5.74) is 0.800. The van der Waals surface area contributed by atoms with Crippen LogP contribution in [0.4, 0.5) is 0 Å². The first kappa shape index (κ1) is 14.4. The summed E-state index contributed by atoms with van der Waals surface area (Å²) in [6.45, 7) is 7.89. The fraction of sp³-hybridized carbons (Fsp3) is 0.667. The zero-order valence-corrected chi connectivity index (χ0v) is 12.0. The molecule has 1 fully saturated rings. The maximum atomic E-state index is 9.80. The molecule has 1 aromatic heterocycles. The Bertz CT molecular complexity index is 408. The van der Waals surface area contributed by atoms with E-state index < -0.39 is 0 Å². The molecule has 1 aliphatic rings. The van der Waals surface area contributed by atoms with Gasteiger partial charge in [-0.15, -0.1) is 0 Å². The van der Waals surface area contributed by atoms with Gasteiger partial charge in [-0.25, -0.2) is 0 Å². The third kappa shape index (κ3) is 2.53. The molecule has 0 amide bonds. The lowest BCUT2D eigenvalue weighted by Crippen LogP contribution is -2.73. The molecule has 0 aliphatic heterocycles. The van der Waals surface area contributed by atoms with Crippen molar-refractivity contribution in [1.82, 2.24) is 10.3 Å². The van der Waals surface area contributed by atoms with Crippen molar-refractivity contribution >= 4 is 0 Å². The first-order chi connectivity index (χ1) is 9.05. The summed E-state index contributed by atoms with van der Waals surface area (Å²) < 4.78 is 5.74. The second-order valence-electron chi connectivity index (χ2n) is 5.82. The van der Waals surface area contributed by atoms with Gasteiger partial charge < -0.3 is 15.2 Å². The number of aliphatic hydroxyl groups excluding tert-OH is 1. The van der Waals surface area contributed by atoms with Gasteiger partial charge in [-0.3, -0.25) is 4.98 Å². The van der Waals surface area contributed by atoms with Crippen LogP contribution in [-0.2, 0) is 11.3 Å². The van der Waals surface area contributed by atoms with E-state index in [1.54, 1.807) is 6.20 Å². The quantitative estimate of drug-likeness (QED) is 0.821. The van der Waals surface area contributed by atoms with Crippen LogP contribution in [0.15, 0.2) is 24.5 Å². The number of ether oxygens (including phenoxy) is 1. The molecule has 4 heteroatoms. The van der Waals surface area contributed by atoms with Crippen LogP contribution in [0.2, 0.25) is 0 Å². The minimum absolute atomic E-state index is 0.0695. The van der Waals surface area contributed by atoms with Crippen LogP contribution in [0.25, 0.3) is 0 Å². The second kappa shape index (κ2) is 5.57. The molecule has 2 rings (SSSR count). The van der Waals surface area contributed by atoms with Crippen LogP contribution in [0, 0.1) is 5.41 Å². The Morgan fingerprint density at radius 3 is 2.84 bits per heavy atom. The van der Waals surface area contributed by atoms with E-state index in [0.717, 1.165) is 25.1 Å². The molecule has 0 unspecified atom stereocenters. The van der Waals surface area contributed by atoms with Gasteiger partial charge in [0.15, 0.2) is 0 Å². The summed E-state index contributed by atoms with van der Waals surface area (Å²) in [6, 6.07) is 3.97. The van der Waals surface area contributed by atoms with E-state index in [2.05, 4.69) is 24.1 Å². The van der Waals surface area contributed by atoms with Crippen LogP contribution in [-0.4, -0.2) is 34.9 Å². The van der Waals surface area contributed by atoms with Gasteiger partial charge in [0, 0.05) is 31.0 Å². The number of rotatable bonds is 6. The molecule has 19 heavy (non-hydrogen) atoms. The van der Waals surface area contributed by atoms with Crippen LogP contribution in [0.5, 0.6) is 0 Å². The number of aliphatic hydroxyl groups is 1. The van der Waals surface area contributed by atoms with Gasteiger partial charge in [-0.2, -0.15) is 0 Å². The predicted octanol–water partition coefficient (Wildman–Crippen LogP) is 1.74. The van der Waals surface area contributed by atoms with E-state index in [1.165, 1.54) is 0 Å². The van der Waals surface area contributed by atoms with Gasteiger partial charge in [-0.1, -0.05) is 19.9 Å². The lowest BCUT2D eigenvalue weighted by molar-refractivity contribution is -0.177. The van der Waals surface area contributed by atoms with Crippen molar-refractivity contribution < 1.29 is 9.84 Å². The molecule has 106 valence electrons. The number of hydrogen-bond acceptors (Lipinski definition) is 4. The third-order valence-electron chi connectivity index (χ3n) is 4.56. The van der Waals surface area contributed by atoms with Gasteiger partial charge in [0.25, 0.3) is 0 Å². The van der Waals surface area contributed by atoms with Crippen LogP contribution < -0.4 is 5.32 Å². The second-order valence-corrected chi connectivity index (χ2v) is 5.82. The maximum Gasteiger partial charge on any atom is 0.0663 e. The Morgan fingerprint density at radius 2 is 2.32 bits per heavy atom. The fourth-order valence-corrected chi connectivity index (χ4v) is 2.88. The summed E-state index contributed by atoms with van der Waals surface area (Å²) in [4.78, 5) is 4.11. The van der Waals surface area contributed by atoms with Crippen molar-refractivity contribution in [2.45, 2.75) is 45.4 Å². The molecule has 1 heterocycles. The van der Waals surface area contributed by atoms with E-state index in [-0.39, 0.29) is 23.7 Å². The average Bonchev–Trinajstić information content (AvgIpc) is 2.43. The van der Waals surface area contributed by atoms with Gasteiger partial charge >= 0.3 is 0 Å². The SMILES string of the molecule is CCO[C@H]1C[C@](CO)(NCc2cccnc2)C1(C)C. The van der Waals surface area contributed by atoms with Gasteiger partial charge in [0.2, 0.25) is 0 Å². The van der Waals surface area contributed by atoms with E-state index in [0.29, 0.717) is 0 Å². The lowest BCUT2D eigenvalue weighted by Gasteiger charge is -2.60. The Labute approximate surface area is 115 Å². The van der Waals surface area contributed by atoms with E-state index in [1.807, 2.05) is 25.3 Å². The average molecular weight is 264 g/mol. The molecule has 0 bridgehead atoms. The van der Waals surface area contributed by atoms with Crippen molar-refractivity contribution in [3.63, 3.8) is 0 Å². The highest BCUT2D eigenvalue weighted by Gasteiger charge is 2.60. The third-order valence-corrected chi connectivity index (χ3v) is 4.56. The highest BCUT2D eigenvalue weighted by Crippen LogP contribution is 2.51. The Morgan fingerprint density at radius 1 is 1.53 bits per heavy atom. The number of nitrogens with one attached hydrogen (secondary N) is 1. The van der Waals surface area contributed by atoms with Crippen molar-refractivity contribution in [3.05, 3.63) is 30.1 Å². The number of aromatic nitrogens is 1. The number of pyridine rings is 1. The standard InChI is InChI=1S/C15H24N2O2/c1-4-19-13-8-15(11-18,14(13,2)3)17-10-12-6-5-7-16-9-12/h5-7,9,13,17-18H,4,8,10-11H2,1-3H3/t13-,15+/m0/s1. The molecule has 2 N–H and O–H groups in total. The number of nitrogens with zero attached hydrogens (tertiary/aromatic N) is 1. The number of hydrogen-bond donors (Lipinski definition) is 2. The van der Waals surface area contributed by atoms with E-state index >= 15 is 0 Å². The smallest absolute Gasteiger partial charge is 0.0663 e. The summed E-state index contributed by atoms with van der Waals surface area (Å²) in [6.07, 6.45) is 4.68. The van der Waals surface area contributed by atoms with Crippen LogP contribution >= 0.6 is 0 Å². The van der Waals surface area contributed by atoms with Crippen molar-refractivity contribution in [2.75, 3.05) is 13.2 Å². The summed E-state index contributed by atoms with van der Waals surface area (Å²) >= 11 is 0. The van der Waals surface area contributed by atoms with Gasteiger partial charge in [-0.05, 0) is 25.0 Å². The first-order valence-corrected chi connectivity index (χ1v) is 6.92. The van der Waals surface area contributed by atoms with Crippen LogP contribution in [0.3, 0.4) is 0 Å². The molecule has 2 atom stereocenters. The fourth-order valence-electron chi connectivity index (χ4n) is 2.88. The molecule has 0 spiro atoms. The Hall–Kier alpha value is -0.970. The minimum atomic E-state index is -0.261. The maximum absolute atomic E-state index is 9.80. The largest absolute Gasteiger partial charge is 0.394 e. The zero-order valence-electron chi connectivity index (χ0n) is 12.0. The molecule has 0 aromatic carbocycles. The summed E-state index contributed by atoms with van der Waals surface area (Å²) in [5, 5.41) is 13.3. The van der Waals surface area contributed by atoms with Crippen molar-refractivity contribution in [2.24, 2.45) is 5.41 Å². The summed E-state index contributed by atoms with van der Waals surface area (Å²) in [7, 11) is 0. The molecule has 1 aromatic rings. The highest BCUT2D eigenvalue weighted by atomic mass is 16.5. The lowest BCUT2D eigenvalue weighted by atomic mass is 9.54. The minimum Gasteiger partial charge on any atom is -0.394 e. The molecule has 0 saturated heterocycles. The van der Waals surface area contributed by atoms with Crippen molar-refractivity contribution in [1.29, 1.82) is 0 Å². The molecule has 4 nitrogen and oxygen atoms in total.